The lowest BCUT2D eigenvalue weighted by atomic mass is 10.0. The number of hydrogen-bond acceptors (Lipinski definition) is 0. The highest BCUT2D eigenvalue weighted by molar-refractivity contribution is 5.31. The molecule has 0 radical (unpaired) electrons. The SMILES string of the molecule is CCc1cc(C)cc(C(F)(F)F)c1. The lowest BCUT2D eigenvalue weighted by Crippen LogP contribution is -2.05. The molecule has 13 heavy (non-hydrogen) atoms. The maximum atomic E-state index is 12.3. The fourth-order valence-corrected chi connectivity index (χ4v) is 1.23. The van der Waals surface area contributed by atoms with Crippen LogP contribution in [0.5, 0.6) is 0 Å². The van der Waals surface area contributed by atoms with Gasteiger partial charge in [0.15, 0.2) is 0 Å². The van der Waals surface area contributed by atoms with E-state index in [0.29, 0.717) is 12.0 Å². The van der Waals surface area contributed by atoms with E-state index in [-0.39, 0.29) is 0 Å². The van der Waals surface area contributed by atoms with Crippen LogP contribution in [0, 0.1) is 6.92 Å². The maximum absolute atomic E-state index is 12.3. The molecule has 1 aromatic rings. The molecule has 0 bridgehead atoms. The van der Waals surface area contributed by atoms with Crippen LogP contribution in [0.15, 0.2) is 18.2 Å². The molecule has 0 saturated carbocycles. The molecule has 0 amide bonds. The molecule has 0 spiro atoms. The van der Waals surface area contributed by atoms with Crippen molar-refractivity contribution >= 4 is 0 Å². The van der Waals surface area contributed by atoms with Gasteiger partial charge in [-0.05, 0) is 31.0 Å². The number of hydrogen-bond donors (Lipinski definition) is 0. The van der Waals surface area contributed by atoms with E-state index in [4.69, 9.17) is 0 Å². The largest absolute Gasteiger partial charge is 0.416 e. The highest BCUT2D eigenvalue weighted by Crippen LogP contribution is 2.30. The van der Waals surface area contributed by atoms with Crippen LogP contribution in [0.4, 0.5) is 13.2 Å². The second kappa shape index (κ2) is 3.40. The Bertz CT molecular complexity index is 300. The van der Waals surface area contributed by atoms with E-state index in [9.17, 15) is 13.2 Å². The zero-order chi connectivity index (χ0) is 10.1. The molecule has 0 aliphatic heterocycles. The average molecular weight is 188 g/mol. The average Bonchev–Trinajstić information content (AvgIpc) is 2.01. The number of rotatable bonds is 1. The zero-order valence-electron chi connectivity index (χ0n) is 7.57. The van der Waals surface area contributed by atoms with Crippen LogP contribution in [0.3, 0.4) is 0 Å². The minimum Gasteiger partial charge on any atom is -0.166 e. The Labute approximate surface area is 75.4 Å². The number of benzene rings is 1. The molecular weight excluding hydrogens is 177 g/mol. The molecule has 0 aliphatic rings. The third-order valence-electron chi connectivity index (χ3n) is 1.87. The fourth-order valence-electron chi connectivity index (χ4n) is 1.23. The third kappa shape index (κ3) is 2.47. The van der Waals surface area contributed by atoms with Gasteiger partial charge in [0.25, 0.3) is 0 Å². The van der Waals surface area contributed by atoms with Crippen molar-refractivity contribution < 1.29 is 13.2 Å². The van der Waals surface area contributed by atoms with Gasteiger partial charge in [-0.1, -0.05) is 18.6 Å². The van der Waals surface area contributed by atoms with E-state index >= 15 is 0 Å². The van der Waals surface area contributed by atoms with Gasteiger partial charge >= 0.3 is 6.18 Å². The first-order valence-electron chi connectivity index (χ1n) is 4.11. The third-order valence-corrected chi connectivity index (χ3v) is 1.87. The van der Waals surface area contributed by atoms with Gasteiger partial charge in [-0.15, -0.1) is 0 Å². The standard InChI is InChI=1S/C10H11F3/c1-3-8-4-7(2)5-9(6-8)10(11,12)13/h4-6H,3H2,1-2H3. The summed E-state index contributed by atoms with van der Waals surface area (Å²) in [5.41, 5.74) is 0.836. The quantitative estimate of drug-likeness (QED) is 0.632. The van der Waals surface area contributed by atoms with Crippen LogP contribution in [0.2, 0.25) is 0 Å². The molecule has 0 nitrogen and oxygen atoms in total. The van der Waals surface area contributed by atoms with E-state index in [1.807, 2.05) is 6.92 Å². The molecule has 72 valence electrons. The number of aryl methyl sites for hydroxylation is 2. The normalized spacial score (nSPS) is 11.8. The molecule has 0 aliphatic carbocycles. The van der Waals surface area contributed by atoms with Crippen LogP contribution in [-0.4, -0.2) is 0 Å². The van der Waals surface area contributed by atoms with Gasteiger partial charge in [-0.3, -0.25) is 0 Å². The van der Waals surface area contributed by atoms with Gasteiger partial charge in [0.2, 0.25) is 0 Å². The van der Waals surface area contributed by atoms with Crippen molar-refractivity contribution in [1.82, 2.24) is 0 Å². The molecule has 0 aromatic heterocycles. The fraction of sp³-hybridized carbons (Fsp3) is 0.400. The minimum atomic E-state index is -4.23. The molecule has 0 N–H and O–H groups in total. The van der Waals surface area contributed by atoms with Crippen molar-refractivity contribution in [2.24, 2.45) is 0 Å². The Kier molecular flexibility index (Phi) is 2.64. The van der Waals surface area contributed by atoms with Gasteiger partial charge in [0, 0.05) is 0 Å². The minimum absolute atomic E-state index is 0.552. The van der Waals surface area contributed by atoms with Crippen LogP contribution in [-0.2, 0) is 12.6 Å². The van der Waals surface area contributed by atoms with E-state index < -0.39 is 11.7 Å². The van der Waals surface area contributed by atoms with Crippen LogP contribution >= 0.6 is 0 Å². The summed E-state index contributed by atoms with van der Waals surface area (Å²) < 4.78 is 36.9. The molecule has 1 rings (SSSR count). The number of alkyl halides is 3. The second-order valence-electron chi connectivity index (χ2n) is 3.06. The lowest BCUT2D eigenvalue weighted by molar-refractivity contribution is -0.137. The summed E-state index contributed by atoms with van der Waals surface area (Å²) in [5, 5.41) is 0. The second-order valence-corrected chi connectivity index (χ2v) is 3.06. The zero-order valence-corrected chi connectivity index (χ0v) is 7.57. The van der Waals surface area contributed by atoms with Crippen molar-refractivity contribution in [3.63, 3.8) is 0 Å². The van der Waals surface area contributed by atoms with Crippen molar-refractivity contribution in [2.45, 2.75) is 26.4 Å². The monoisotopic (exact) mass is 188 g/mol. The van der Waals surface area contributed by atoms with Crippen LogP contribution in [0.1, 0.15) is 23.6 Å². The summed E-state index contributed by atoms with van der Waals surface area (Å²) in [7, 11) is 0. The van der Waals surface area contributed by atoms with Crippen molar-refractivity contribution in [2.75, 3.05) is 0 Å². The summed E-state index contributed by atoms with van der Waals surface area (Å²) in [4.78, 5) is 0. The summed E-state index contributed by atoms with van der Waals surface area (Å²) in [6.45, 7) is 3.52. The molecule has 0 saturated heterocycles. The molecule has 0 unspecified atom stereocenters. The topological polar surface area (TPSA) is 0 Å². The highest BCUT2D eigenvalue weighted by atomic mass is 19.4. The molecule has 0 fully saturated rings. The Morgan fingerprint density at radius 3 is 2.23 bits per heavy atom. The summed E-state index contributed by atoms with van der Waals surface area (Å²) >= 11 is 0. The molecule has 0 atom stereocenters. The maximum Gasteiger partial charge on any atom is 0.416 e. The predicted octanol–water partition coefficient (Wildman–Crippen LogP) is 3.58. The van der Waals surface area contributed by atoms with Gasteiger partial charge in [0.1, 0.15) is 0 Å². The van der Waals surface area contributed by atoms with E-state index in [1.54, 1.807) is 13.0 Å². The van der Waals surface area contributed by atoms with E-state index in [1.165, 1.54) is 12.1 Å². The first kappa shape index (κ1) is 10.1. The van der Waals surface area contributed by atoms with Crippen molar-refractivity contribution in [3.05, 3.63) is 34.9 Å². The van der Waals surface area contributed by atoms with Gasteiger partial charge in [-0.2, -0.15) is 13.2 Å². The van der Waals surface area contributed by atoms with Gasteiger partial charge < -0.3 is 0 Å². The van der Waals surface area contributed by atoms with E-state index in [2.05, 4.69) is 0 Å². The van der Waals surface area contributed by atoms with Crippen LogP contribution in [0.25, 0.3) is 0 Å². The predicted molar refractivity (Wildman–Crippen MR) is 45.6 cm³/mol. The summed E-state index contributed by atoms with van der Waals surface area (Å²) in [5.74, 6) is 0. The Morgan fingerprint density at radius 2 is 1.77 bits per heavy atom. The molecular formula is C10H11F3. The lowest BCUT2D eigenvalue weighted by Gasteiger charge is -2.09. The highest BCUT2D eigenvalue weighted by Gasteiger charge is 2.30. The molecule has 1 aromatic carbocycles. The Balaban J connectivity index is 3.16. The first-order valence-corrected chi connectivity index (χ1v) is 4.11. The smallest absolute Gasteiger partial charge is 0.166 e. The molecule has 3 heteroatoms. The van der Waals surface area contributed by atoms with Crippen molar-refractivity contribution in [3.8, 4) is 0 Å². The number of halogens is 3. The van der Waals surface area contributed by atoms with Crippen LogP contribution < -0.4 is 0 Å². The molecule has 0 heterocycles. The summed E-state index contributed by atoms with van der Waals surface area (Å²) in [6.07, 6.45) is -3.60. The van der Waals surface area contributed by atoms with Gasteiger partial charge in [-0.25, -0.2) is 0 Å². The first-order chi connectivity index (χ1) is 5.93. The van der Waals surface area contributed by atoms with E-state index in [0.717, 1.165) is 5.56 Å². The Morgan fingerprint density at radius 1 is 1.15 bits per heavy atom. The van der Waals surface area contributed by atoms with Crippen molar-refractivity contribution in [1.29, 1.82) is 0 Å². The Hall–Kier alpha value is -0.990. The van der Waals surface area contributed by atoms with Gasteiger partial charge in [0.05, 0.1) is 5.56 Å². The summed E-state index contributed by atoms with van der Waals surface area (Å²) in [6, 6.07) is 4.14.